The quantitative estimate of drug-likeness (QED) is 0.378. The number of rotatable bonds is 12. The molecule has 0 saturated carbocycles. The van der Waals surface area contributed by atoms with Gasteiger partial charge in [0.05, 0.1) is 11.9 Å². The van der Waals surface area contributed by atoms with Crippen LogP contribution in [-0.2, 0) is 39.0 Å². The van der Waals surface area contributed by atoms with E-state index >= 15 is 0 Å². The van der Waals surface area contributed by atoms with Crippen LogP contribution >= 0.6 is 0 Å². The molecule has 0 fully saturated rings. The zero-order chi connectivity index (χ0) is 27.7. The molecule has 0 radical (unpaired) electrons. The van der Waals surface area contributed by atoms with Gasteiger partial charge in [-0.1, -0.05) is 79.2 Å². The average Bonchev–Trinajstić information content (AvgIpc) is 2.89. The second-order valence-corrected chi connectivity index (χ2v) is 11.3. The zero-order valence-corrected chi connectivity index (χ0v) is 23.4. The molecule has 202 valence electrons. The number of aryl methyl sites for hydroxylation is 2. The average molecular weight is 536 g/mol. The second kappa shape index (κ2) is 13.2. The van der Waals surface area contributed by atoms with Crippen LogP contribution in [0.4, 0.5) is 5.69 Å². The molecule has 0 spiro atoms. The minimum absolute atomic E-state index is 0.168. The van der Waals surface area contributed by atoms with Gasteiger partial charge >= 0.3 is 0 Å². The van der Waals surface area contributed by atoms with Crippen LogP contribution in [0.15, 0.2) is 78.9 Å². The Morgan fingerprint density at radius 2 is 1.53 bits per heavy atom. The van der Waals surface area contributed by atoms with Gasteiger partial charge in [0, 0.05) is 19.5 Å². The molecule has 3 aromatic rings. The molecule has 0 aliphatic rings. The first-order chi connectivity index (χ1) is 18.1. The third-order valence-electron chi connectivity index (χ3n) is 6.37. The number of sulfonamides is 1. The molecule has 2 amide bonds. The molecule has 0 heterocycles. The summed E-state index contributed by atoms with van der Waals surface area (Å²) >= 11 is 0. The normalized spacial score (nSPS) is 12.0. The maximum absolute atomic E-state index is 14.0. The second-order valence-electron chi connectivity index (χ2n) is 9.40. The lowest BCUT2D eigenvalue weighted by molar-refractivity contribution is -0.140. The Balaban J connectivity index is 2.02. The molecule has 1 atom stereocenters. The van der Waals surface area contributed by atoms with E-state index in [4.69, 9.17) is 0 Å². The summed E-state index contributed by atoms with van der Waals surface area (Å²) in [6.07, 6.45) is 2.20. The molecule has 7 nitrogen and oxygen atoms in total. The fourth-order valence-electron chi connectivity index (χ4n) is 4.36. The molecule has 1 unspecified atom stereocenters. The number of hydrogen-bond donors (Lipinski definition) is 1. The minimum atomic E-state index is -3.78. The van der Waals surface area contributed by atoms with Gasteiger partial charge in [0.25, 0.3) is 0 Å². The van der Waals surface area contributed by atoms with E-state index in [0.29, 0.717) is 18.7 Å². The lowest BCUT2D eigenvalue weighted by Crippen LogP contribution is -2.53. The summed E-state index contributed by atoms with van der Waals surface area (Å²) in [5, 5.41) is 2.86. The lowest BCUT2D eigenvalue weighted by atomic mass is 10.0. The van der Waals surface area contributed by atoms with Crippen molar-refractivity contribution in [1.82, 2.24) is 10.2 Å². The van der Waals surface area contributed by atoms with E-state index < -0.39 is 28.5 Å². The third-order valence-corrected chi connectivity index (χ3v) is 7.51. The highest BCUT2D eigenvalue weighted by Crippen LogP contribution is 2.21. The zero-order valence-electron chi connectivity index (χ0n) is 22.6. The summed E-state index contributed by atoms with van der Waals surface area (Å²) in [5.41, 5.74) is 4.26. The highest BCUT2D eigenvalue weighted by molar-refractivity contribution is 7.92. The van der Waals surface area contributed by atoms with Gasteiger partial charge < -0.3 is 10.2 Å². The number of likely N-dealkylation sites (N-methyl/N-ethyl adjacent to an activating group) is 1. The maximum Gasteiger partial charge on any atom is 0.244 e. The summed E-state index contributed by atoms with van der Waals surface area (Å²) in [4.78, 5) is 28.8. The molecule has 38 heavy (non-hydrogen) atoms. The third kappa shape index (κ3) is 7.92. The van der Waals surface area contributed by atoms with Crippen molar-refractivity contribution in [2.75, 3.05) is 23.7 Å². The van der Waals surface area contributed by atoms with E-state index in [-0.39, 0.29) is 12.5 Å². The van der Waals surface area contributed by atoms with Crippen molar-refractivity contribution in [2.24, 2.45) is 0 Å². The molecular weight excluding hydrogens is 498 g/mol. The van der Waals surface area contributed by atoms with E-state index in [1.165, 1.54) is 4.90 Å². The van der Waals surface area contributed by atoms with Gasteiger partial charge in [-0.05, 0) is 49.1 Å². The van der Waals surface area contributed by atoms with E-state index in [2.05, 4.69) is 5.32 Å². The molecular formula is C30H37N3O4S. The predicted octanol–water partition coefficient (Wildman–Crippen LogP) is 4.10. The monoisotopic (exact) mass is 535 g/mol. The van der Waals surface area contributed by atoms with Crippen LogP contribution in [0.2, 0.25) is 0 Å². The molecule has 0 aliphatic carbocycles. The van der Waals surface area contributed by atoms with Gasteiger partial charge in [0.2, 0.25) is 21.8 Å². The molecule has 3 rings (SSSR count). The Hall–Kier alpha value is -3.65. The number of anilines is 1. The SMILES string of the molecule is CCNC(=O)C(Cc1ccccc1)N(Cc1cccc(C)c1)C(=O)CN(c1ccc(CC)cc1)S(C)(=O)=O. The van der Waals surface area contributed by atoms with E-state index in [0.717, 1.165) is 39.2 Å². The van der Waals surface area contributed by atoms with Crippen LogP contribution in [0.25, 0.3) is 0 Å². The van der Waals surface area contributed by atoms with Crippen molar-refractivity contribution in [3.05, 3.63) is 101 Å². The Labute approximate surface area is 226 Å². The Bertz CT molecular complexity index is 1330. The highest BCUT2D eigenvalue weighted by atomic mass is 32.2. The Morgan fingerprint density at radius 1 is 0.868 bits per heavy atom. The molecule has 1 N–H and O–H groups in total. The van der Waals surface area contributed by atoms with E-state index in [1.807, 2.05) is 87.5 Å². The first kappa shape index (κ1) is 28.9. The number of benzene rings is 3. The summed E-state index contributed by atoms with van der Waals surface area (Å²) in [7, 11) is -3.78. The number of amides is 2. The fraction of sp³-hybridized carbons (Fsp3) is 0.333. The predicted molar refractivity (Wildman–Crippen MR) is 152 cm³/mol. The summed E-state index contributed by atoms with van der Waals surface area (Å²) in [6, 6.07) is 23.6. The number of nitrogens with one attached hydrogen (secondary N) is 1. The van der Waals surface area contributed by atoms with Crippen LogP contribution in [-0.4, -0.2) is 50.5 Å². The van der Waals surface area contributed by atoms with Crippen molar-refractivity contribution in [3.63, 3.8) is 0 Å². The van der Waals surface area contributed by atoms with Crippen molar-refractivity contribution in [3.8, 4) is 0 Å². The largest absolute Gasteiger partial charge is 0.355 e. The topological polar surface area (TPSA) is 86.8 Å². The summed E-state index contributed by atoms with van der Waals surface area (Å²) in [6.45, 7) is 5.98. The smallest absolute Gasteiger partial charge is 0.244 e. The van der Waals surface area contributed by atoms with Crippen molar-refractivity contribution < 1.29 is 18.0 Å². The number of carbonyl (C=O) groups excluding carboxylic acids is 2. The van der Waals surface area contributed by atoms with Gasteiger partial charge in [-0.15, -0.1) is 0 Å². The van der Waals surface area contributed by atoms with Crippen LogP contribution in [0.1, 0.15) is 36.1 Å². The van der Waals surface area contributed by atoms with Crippen molar-refractivity contribution in [2.45, 2.75) is 46.2 Å². The van der Waals surface area contributed by atoms with Crippen LogP contribution in [0, 0.1) is 6.92 Å². The molecule has 0 bridgehead atoms. The Morgan fingerprint density at radius 3 is 2.11 bits per heavy atom. The van der Waals surface area contributed by atoms with Gasteiger partial charge in [0.1, 0.15) is 12.6 Å². The van der Waals surface area contributed by atoms with Crippen LogP contribution in [0.3, 0.4) is 0 Å². The van der Waals surface area contributed by atoms with Gasteiger partial charge in [0.15, 0.2) is 0 Å². The fourth-order valence-corrected chi connectivity index (χ4v) is 5.21. The Kier molecular flexibility index (Phi) is 10.1. The summed E-state index contributed by atoms with van der Waals surface area (Å²) in [5.74, 6) is -0.737. The highest BCUT2D eigenvalue weighted by Gasteiger charge is 2.32. The van der Waals surface area contributed by atoms with E-state index in [1.54, 1.807) is 12.1 Å². The van der Waals surface area contributed by atoms with E-state index in [9.17, 15) is 18.0 Å². The molecule has 3 aromatic carbocycles. The molecule has 0 aliphatic heterocycles. The summed E-state index contributed by atoms with van der Waals surface area (Å²) < 4.78 is 26.7. The standard InChI is InChI=1S/C30H37N3O4S/c1-5-24-15-17-27(18-16-24)33(38(4,36)37)22-29(34)32(21-26-14-10-11-23(3)19-26)28(30(35)31-6-2)20-25-12-8-7-9-13-25/h7-19,28H,5-6,20-22H2,1-4H3,(H,31,35). The van der Waals surface area contributed by atoms with Gasteiger partial charge in [-0.3, -0.25) is 13.9 Å². The molecule has 0 aromatic heterocycles. The number of hydrogen-bond acceptors (Lipinski definition) is 4. The lowest BCUT2D eigenvalue weighted by Gasteiger charge is -2.33. The number of carbonyl (C=O) groups is 2. The molecule has 0 saturated heterocycles. The van der Waals surface area contributed by atoms with Gasteiger partial charge in [-0.25, -0.2) is 8.42 Å². The number of nitrogens with zero attached hydrogens (tertiary/aromatic N) is 2. The van der Waals surface area contributed by atoms with Crippen molar-refractivity contribution in [1.29, 1.82) is 0 Å². The van der Waals surface area contributed by atoms with Crippen LogP contribution in [0.5, 0.6) is 0 Å². The first-order valence-corrected chi connectivity index (χ1v) is 14.7. The van der Waals surface area contributed by atoms with Gasteiger partial charge in [-0.2, -0.15) is 0 Å². The van der Waals surface area contributed by atoms with Crippen LogP contribution < -0.4 is 9.62 Å². The first-order valence-electron chi connectivity index (χ1n) is 12.9. The molecule has 8 heteroatoms. The van der Waals surface area contributed by atoms with Crippen molar-refractivity contribution >= 4 is 27.5 Å². The minimum Gasteiger partial charge on any atom is -0.355 e. The maximum atomic E-state index is 14.0.